The minimum absolute atomic E-state index is 0.557. The molecule has 0 saturated heterocycles. The third-order valence-corrected chi connectivity index (χ3v) is 2.90. The van der Waals surface area contributed by atoms with Gasteiger partial charge in [-0.25, -0.2) is 0 Å². The second-order valence-corrected chi connectivity index (χ2v) is 3.86. The molecular weight excluding hydrogens is 156 g/mol. The van der Waals surface area contributed by atoms with Gasteiger partial charge in [0.2, 0.25) is 0 Å². The number of hydrogen-bond acceptors (Lipinski definition) is 0. The van der Waals surface area contributed by atoms with Crippen molar-refractivity contribution in [3.8, 4) is 0 Å². The lowest BCUT2D eigenvalue weighted by Gasteiger charge is -2.20. The van der Waals surface area contributed by atoms with E-state index >= 15 is 0 Å². The van der Waals surface area contributed by atoms with Gasteiger partial charge in [0, 0.05) is 0 Å². The van der Waals surface area contributed by atoms with Crippen LogP contribution in [-0.4, -0.2) is 0 Å². The summed E-state index contributed by atoms with van der Waals surface area (Å²) in [6.07, 6.45) is 0.759. The molecule has 1 rings (SSSR count). The first-order valence-corrected chi connectivity index (χ1v) is 4.92. The Balaban J connectivity index is 2.88. The summed E-state index contributed by atoms with van der Waals surface area (Å²) < 4.78 is 0. The predicted octanol–water partition coefficient (Wildman–Crippen LogP) is 3.84. The fourth-order valence-electron chi connectivity index (χ4n) is 1.61. The fraction of sp³-hybridized carbons (Fsp3) is 0.462. The van der Waals surface area contributed by atoms with Gasteiger partial charge >= 0.3 is 0 Å². The minimum Gasteiger partial charge on any atom is -0.0620 e. The van der Waals surface area contributed by atoms with E-state index in [1.165, 1.54) is 11.1 Å². The highest BCUT2D eigenvalue weighted by atomic mass is 14.2. The highest BCUT2D eigenvalue weighted by Gasteiger charge is 2.13. The fourth-order valence-corrected chi connectivity index (χ4v) is 1.61. The van der Waals surface area contributed by atoms with Gasteiger partial charge < -0.3 is 0 Å². The van der Waals surface area contributed by atoms with Crippen molar-refractivity contribution < 1.29 is 0 Å². The van der Waals surface area contributed by atoms with E-state index in [0.717, 1.165) is 6.42 Å². The third-order valence-electron chi connectivity index (χ3n) is 2.90. The summed E-state index contributed by atoms with van der Waals surface area (Å²) in [7, 11) is 0. The Morgan fingerprint density at radius 1 is 1.23 bits per heavy atom. The molecule has 0 amide bonds. The van der Waals surface area contributed by atoms with E-state index in [1.54, 1.807) is 0 Å². The first-order valence-electron chi connectivity index (χ1n) is 4.92. The average Bonchev–Trinajstić information content (AvgIpc) is 2.16. The SMILES string of the molecule is [CH]CC(C)C(C)c1ccccc1C. The van der Waals surface area contributed by atoms with Crippen LogP contribution in [0, 0.1) is 19.8 Å². The van der Waals surface area contributed by atoms with E-state index in [-0.39, 0.29) is 0 Å². The standard InChI is InChI=1S/C13H18/c1-5-10(2)12(4)13-9-7-6-8-11(13)3/h1,6-10,12H,5H2,2-4H3. The van der Waals surface area contributed by atoms with Crippen LogP contribution in [0.4, 0.5) is 0 Å². The zero-order chi connectivity index (χ0) is 9.84. The molecule has 0 heterocycles. The number of hydrogen-bond donors (Lipinski definition) is 0. The summed E-state index contributed by atoms with van der Waals surface area (Å²) in [5.41, 5.74) is 2.80. The quantitative estimate of drug-likeness (QED) is 0.653. The monoisotopic (exact) mass is 174 g/mol. The van der Waals surface area contributed by atoms with Gasteiger partial charge in [-0.3, -0.25) is 0 Å². The van der Waals surface area contributed by atoms with Gasteiger partial charge in [-0.2, -0.15) is 0 Å². The van der Waals surface area contributed by atoms with Crippen LogP contribution in [-0.2, 0) is 0 Å². The van der Waals surface area contributed by atoms with Crippen LogP contribution in [0.15, 0.2) is 24.3 Å². The van der Waals surface area contributed by atoms with Gasteiger partial charge in [0.05, 0.1) is 0 Å². The Labute approximate surface area is 82.0 Å². The van der Waals surface area contributed by atoms with E-state index in [4.69, 9.17) is 6.92 Å². The molecule has 0 aliphatic rings. The minimum atomic E-state index is 0.557. The Morgan fingerprint density at radius 2 is 1.85 bits per heavy atom. The largest absolute Gasteiger partial charge is 0.0620 e. The molecule has 0 heteroatoms. The molecule has 0 aliphatic heterocycles. The van der Waals surface area contributed by atoms with E-state index in [0.29, 0.717) is 11.8 Å². The lowest BCUT2D eigenvalue weighted by Crippen LogP contribution is -2.06. The first kappa shape index (κ1) is 10.3. The van der Waals surface area contributed by atoms with Crippen LogP contribution in [0.3, 0.4) is 0 Å². The normalized spacial score (nSPS) is 15.4. The predicted molar refractivity (Wildman–Crippen MR) is 57.7 cm³/mol. The van der Waals surface area contributed by atoms with Crippen LogP contribution in [0.25, 0.3) is 0 Å². The third kappa shape index (κ3) is 2.33. The molecule has 0 N–H and O–H groups in total. The second kappa shape index (κ2) is 4.45. The van der Waals surface area contributed by atoms with Crippen molar-refractivity contribution in [1.29, 1.82) is 0 Å². The zero-order valence-electron chi connectivity index (χ0n) is 8.75. The molecule has 0 saturated carbocycles. The molecule has 1 aromatic rings. The molecule has 0 spiro atoms. The maximum atomic E-state index is 5.66. The molecule has 13 heavy (non-hydrogen) atoms. The van der Waals surface area contributed by atoms with Crippen molar-refractivity contribution in [2.75, 3.05) is 0 Å². The van der Waals surface area contributed by atoms with Crippen LogP contribution >= 0.6 is 0 Å². The lowest BCUT2D eigenvalue weighted by molar-refractivity contribution is 0.491. The molecule has 0 fully saturated rings. The Morgan fingerprint density at radius 3 is 2.38 bits per heavy atom. The van der Waals surface area contributed by atoms with Crippen LogP contribution in [0.2, 0.25) is 0 Å². The van der Waals surface area contributed by atoms with E-state index < -0.39 is 0 Å². The van der Waals surface area contributed by atoms with Gasteiger partial charge in [-0.15, -0.1) is 0 Å². The van der Waals surface area contributed by atoms with Crippen molar-refractivity contribution in [3.05, 3.63) is 42.3 Å². The molecule has 70 valence electrons. The summed E-state index contributed by atoms with van der Waals surface area (Å²) >= 11 is 0. The molecular formula is C13H18. The van der Waals surface area contributed by atoms with E-state index in [2.05, 4.69) is 45.0 Å². The lowest BCUT2D eigenvalue weighted by atomic mass is 9.85. The average molecular weight is 174 g/mol. The van der Waals surface area contributed by atoms with Crippen LogP contribution < -0.4 is 0 Å². The highest BCUT2D eigenvalue weighted by molar-refractivity contribution is 5.29. The molecule has 0 aromatic heterocycles. The van der Waals surface area contributed by atoms with Crippen LogP contribution in [0.5, 0.6) is 0 Å². The number of benzene rings is 1. The molecule has 0 bridgehead atoms. The summed E-state index contributed by atoms with van der Waals surface area (Å²) in [5.74, 6) is 1.12. The van der Waals surface area contributed by atoms with E-state index in [9.17, 15) is 0 Å². The van der Waals surface area contributed by atoms with Gasteiger partial charge in [-0.05, 0) is 43.2 Å². The van der Waals surface area contributed by atoms with Gasteiger partial charge in [0.25, 0.3) is 0 Å². The Kier molecular flexibility index (Phi) is 3.53. The van der Waals surface area contributed by atoms with Crippen molar-refractivity contribution in [3.63, 3.8) is 0 Å². The van der Waals surface area contributed by atoms with Gasteiger partial charge in [0.1, 0.15) is 0 Å². The van der Waals surface area contributed by atoms with Crippen molar-refractivity contribution in [2.45, 2.75) is 33.1 Å². The molecule has 2 unspecified atom stereocenters. The van der Waals surface area contributed by atoms with Crippen LogP contribution in [0.1, 0.15) is 37.3 Å². The maximum absolute atomic E-state index is 5.66. The summed E-state index contributed by atoms with van der Waals surface area (Å²) in [6, 6.07) is 8.54. The molecule has 2 atom stereocenters. The Hall–Kier alpha value is -0.780. The zero-order valence-corrected chi connectivity index (χ0v) is 8.75. The number of rotatable bonds is 3. The maximum Gasteiger partial charge on any atom is -0.0162 e. The first-order chi connectivity index (χ1) is 6.16. The highest BCUT2D eigenvalue weighted by Crippen LogP contribution is 2.27. The molecule has 2 radical (unpaired) electrons. The van der Waals surface area contributed by atoms with Crippen molar-refractivity contribution in [1.82, 2.24) is 0 Å². The van der Waals surface area contributed by atoms with Gasteiger partial charge in [0.15, 0.2) is 0 Å². The van der Waals surface area contributed by atoms with Crippen molar-refractivity contribution >= 4 is 0 Å². The van der Waals surface area contributed by atoms with E-state index in [1.807, 2.05) is 0 Å². The Bertz CT molecular complexity index is 262. The topological polar surface area (TPSA) is 0 Å². The summed E-state index contributed by atoms with van der Waals surface area (Å²) in [5, 5.41) is 0. The molecule has 1 aromatic carbocycles. The van der Waals surface area contributed by atoms with Crippen molar-refractivity contribution in [2.24, 2.45) is 5.92 Å². The smallest absolute Gasteiger partial charge is 0.0162 e. The van der Waals surface area contributed by atoms with Gasteiger partial charge in [-0.1, -0.05) is 38.1 Å². The summed E-state index contributed by atoms with van der Waals surface area (Å²) in [6.45, 7) is 12.3. The molecule has 0 aliphatic carbocycles. The summed E-state index contributed by atoms with van der Waals surface area (Å²) in [4.78, 5) is 0. The second-order valence-electron chi connectivity index (χ2n) is 3.86. The molecule has 0 nitrogen and oxygen atoms in total. The number of aryl methyl sites for hydroxylation is 1.